The molecular weight excluding hydrogens is 1100 g/mol. The number of unbranched alkanes of at least 4 members (excludes halogenated alkanes) is 1. The molecule has 80 heavy (non-hydrogen) atoms. The molecule has 8 rings (SSSR count). The molecule has 4 amide bonds. The first kappa shape index (κ1) is 61.6. The van der Waals surface area contributed by atoms with E-state index >= 15 is 0 Å². The Morgan fingerprint density at radius 3 is 1.32 bits per heavy atom. The fraction of sp³-hybridized carbons (Fsp3) is 0.552. The molecule has 0 saturated carbocycles. The predicted octanol–water partition coefficient (Wildman–Crippen LogP) is 6.37. The van der Waals surface area contributed by atoms with E-state index in [4.69, 9.17) is 43.0 Å². The Balaban J connectivity index is 0.680. The van der Waals surface area contributed by atoms with Gasteiger partial charge < -0.3 is 50.3 Å². The number of likely N-dealkylation sites (tertiary alicyclic amines) is 2. The molecule has 4 heterocycles. The van der Waals surface area contributed by atoms with Crippen molar-refractivity contribution in [2.45, 2.75) is 99.9 Å². The van der Waals surface area contributed by atoms with Gasteiger partial charge in [0.25, 0.3) is 0 Å². The van der Waals surface area contributed by atoms with Crippen molar-refractivity contribution < 1.29 is 35.9 Å². The second kappa shape index (κ2) is 27.3. The van der Waals surface area contributed by atoms with Crippen LogP contribution in [0.25, 0.3) is 0 Å². The molecule has 0 radical (unpaired) electrons. The van der Waals surface area contributed by atoms with Crippen molar-refractivity contribution in [1.29, 1.82) is 0 Å². The highest BCUT2D eigenvalue weighted by molar-refractivity contribution is 7.89. The number of urea groups is 2. The lowest BCUT2D eigenvalue weighted by Crippen LogP contribution is -2.39. The summed E-state index contributed by atoms with van der Waals surface area (Å²) in [6, 6.07) is 14.6. The number of hydrogen-bond acceptors (Lipinski definition) is 12. The minimum Gasteiger partial charge on any atom is -0.378 e. The van der Waals surface area contributed by atoms with Crippen LogP contribution < -0.4 is 31.5 Å². The summed E-state index contributed by atoms with van der Waals surface area (Å²) in [4.78, 5) is 34.4. The predicted molar refractivity (Wildman–Crippen MR) is 315 cm³/mol. The van der Waals surface area contributed by atoms with Crippen molar-refractivity contribution in [3.8, 4) is 0 Å². The van der Waals surface area contributed by atoms with Gasteiger partial charge in [0.15, 0.2) is 0 Å². The number of halogens is 2. The molecule has 4 aromatic rings. The van der Waals surface area contributed by atoms with Gasteiger partial charge in [-0.05, 0) is 196 Å². The third kappa shape index (κ3) is 15.4. The lowest BCUT2D eigenvalue weighted by Gasteiger charge is -2.36. The average Bonchev–Trinajstić information content (AvgIpc) is 4.06. The number of nitrogens with zero attached hydrogens (tertiary/aromatic N) is 4. The first-order valence-electron chi connectivity index (χ1n) is 28.0. The molecule has 0 bridgehead atoms. The summed E-state index contributed by atoms with van der Waals surface area (Å²) in [5.74, 6) is -0.194. The first-order valence-corrected chi connectivity index (χ1v) is 31.8. The average molecular weight is 1180 g/mol. The van der Waals surface area contributed by atoms with Crippen LogP contribution in [-0.4, -0.2) is 168 Å². The smallest absolute Gasteiger partial charge is 0.314 e. The molecule has 2 fully saturated rings. The van der Waals surface area contributed by atoms with Crippen LogP contribution in [0, 0.1) is 27.7 Å². The van der Waals surface area contributed by atoms with E-state index in [-0.39, 0.29) is 45.5 Å². The Kier molecular flexibility index (Phi) is 21.0. The van der Waals surface area contributed by atoms with Crippen LogP contribution in [0.4, 0.5) is 9.59 Å². The summed E-state index contributed by atoms with van der Waals surface area (Å²) in [6.45, 7) is 18.8. The van der Waals surface area contributed by atoms with Crippen LogP contribution in [0.1, 0.15) is 116 Å². The Morgan fingerprint density at radius 1 is 0.550 bits per heavy atom. The Morgan fingerprint density at radius 2 is 0.938 bits per heavy atom. The van der Waals surface area contributed by atoms with E-state index in [0.717, 1.165) is 108 Å². The molecule has 8 N–H and O–H groups in total. The number of amides is 4. The molecule has 2 unspecified atom stereocenters. The van der Waals surface area contributed by atoms with Gasteiger partial charge >= 0.3 is 12.1 Å². The van der Waals surface area contributed by atoms with Gasteiger partial charge in [-0.2, -0.15) is 0 Å². The van der Waals surface area contributed by atoms with Crippen molar-refractivity contribution in [3.05, 3.63) is 125 Å². The second-order valence-electron chi connectivity index (χ2n) is 22.5. The number of fused-ring (bicyclic) bond motifs is 2. The summed E-state index contributed by atoms with van der Waals surface area (Å²) >= 11 is 13.2. The normalized spacial score (nSPS) is 20.2. The number of ether oxygens (including phenoxy) is 2. The third-order valence-electron chi connectivity index (χ3n) is 16.5. The zero-order chi connectivity index (χ0) is 57.5. The monoisotopic (exact) mass is 1180 g/mol. The van der Waals surface area contributed by atoms with Crippen LogP contribution in [0.2, 0.25) is 10.0 Å². The van der Waals surface area contributed by atoms with E-state index in [1.54, 1.807) is 12.1 Å². The molecule has 4 aliphatic rings. The van der Waals surface area contributed by atoms with Crippen molar-refractivity contribution in [3.63, 3.8) is 0 Å². The van der Waals surface area contributed by atoms with E-state index in [1.807, 2.05) is 36.4 Å². The standard InChI is InChI=1S/C58H82Cl2N10O8S2/c1-37-9-11-51(79(61,73)74)55(53(37)49-35-67(5)33-47-39(3)27-43(59)29-45(47)49)41-13-19-69(31-41)21-25-77-23-17-65-57(71)63-15-7-8-16-64-58(72)66-18-24-78-26-22-70-20-14-42(32-70)56-52(80(62,75)76)12-10-38(2)54(56)50-36-68(6)34-48-40(4)28-44(60)30-46(48)50/h9-12,27-30,41-42,49-50H,7-8,13-26,31-36H2,1-6H3,(H2,61,73,74)(H2,62,75,76)(H2,63,65,71)(H2,64,66,72)/t41-,42-,49?,50?/m1/s1. The first-order chi connectivity index (χ1) is 38.1. The number of benzene rings is 4. The molecule has 0 aromatic heterocycles. The van der Waals surface area contributed by atoms with E-state index in [1.165, 1.54) is 11.1 Å². The van der Waals surface area contributed by atoms with E-state index < -0.39 is 20.0 Å². The van der Waals surface area contributed by atoms with Crippen LogP contribution >= 0.6 is 23.2 Å². The largest absolute Gasteiger partial charge is 0.378 e. The third-order valence-corrected chi connectivity index (χ3v) is 18.9. The number of carbonyl (C=O) groups excluding carboxylic acids is 2. The van der Waals surface area contributed by atoms with E-state index in [2.05, 4.69) is 82.7 Å². The van der Waals surface area contributed by atoms with E-state index in [0.29, 0.717) is 102 Å². The maximum atomic E-state index is 13.1. The SMILES string of the molecule is Cc1cc(Cl)cc2c1CN(C)CC2c1c(C)ccc(S(N)(=O)=O)c1[C@@H]1CCN(CCOCCNC(=O)NCCCCNC(=O)NCCOCCN2CC[C@@H](c3c(S(N)(=O)=O)ccc(C)c3C3CN(C)Cc4c(C)cc(Cl)cc43)C2)C1. The zero-order valence-electron chi connectivity index (χ0n) is 47.3. The lowest BCUT2D eigenvalue weighted by molar-refractivity contribution is 0.113. The number of primary sulfonamides is 2. The highest BCUT2D eigenvalue weighted by atomic mass is 35.5. The summed E-state index contributed by atoms with van der Waals surface area (Å²) in [5.41, 5.74) is 12.7. The van der Waals surface area contributed by atoms with Crippen LogP contribution in [0.3, 0.4) is 0 Å². The van der Waals surface area contributed by atoms with Gasteiger partial charge in [0.2, 0.25) is 20.0 Å². The molecule has 2 saturated heterocycles. The van der Waals surface area contributed by atoms with Gasteiger partial charge in [-0.1, -0.05) is 35.3 Å². The summed E-state index contributed by atoms with van der Waals surface area (Å²) < 4.78 is 64.3. The quantitative estimate of drug-likeness (QED) is 0.0445. The number of hydrogen-bond donors (Lipinski definition) is 6. The fourth-order valence-electron chi connectivity index (χ4n) is 12.7. The molecule has 0 aliphatic carbocycles. The van der Waals surface area contributed by atoms with Gasteiger partial charge in [-0.15, -0.1) is 0 Å². The zero-order valence-corrected chi connectivity index (χ0v) is 50.4. The van der Waals surface area contributed by atoms with Gasteiger partial charge in [-0.25, -0.2) is 36.7 Å². The Labute approximate surface area is 484 Å². The number of carbonyl (C=O) groups is 2. The summed E-state index contributed by atoms with van der Waals surface area (Å²) in [5, 5.41) is 24.5. The number of rotatable bonds is 23. The lowest BCUT2D eigenvalue weighted by atomic mass is 9.77. The van der Waals surface area contributed by atoms with Crippen LogP contribution in [0.5, 0.6) is 0 Å². The molecule has 4 aromatic carbocycles. The van der Waals surface area contributed by atoms with Gasteiger partial charge in [0, 0.05) is 100 Å². The van der Waals surface area contributed by atoms with Crippen molar-refractivity contribution >= 4 is 55.3 Å². The van der Waals surface area contributed by atoms with Crippen molar-refractivity contribution in [1.82, 2.24) is 40.9 Å². The molecule has 18 nitrogen and oxygen atoms in total. The van der Waals surface area contributed by atoms with Gasteiger partial charge in [0.1, 0.15) is 0 Å². The molecule has 0 spiro atoms. The number of likely N-dealkylation sites (N-methyl/N-ethyl adjacent to an activating group) is 2. The minimum atomic E-state index is -4.00. The Hall–Kier alpha value is -4.42. The van der Waals surface area contributed by atoms with Gasteiger partial charge in [-0.3, -0.25) is 0 Å². The highest BCUT2D eigenvalue weighted by Gasteiger charge is 2.38. The number of aryl methyl sites for hydroxylation is 4. The topological polar surface area (TPSA) is 234 Å². The van der Waals surface area contributed by atoms with E-state index in [9.17, 15) is 26.4 Å². The minimum absolute atomic E-state index is 0.0339. The second-order valence-corrected chi connectivity index (χ2v) is 26.4. The van der Waals surface area contributed by atoms with Crippen LogP contribution in [0.15, 0.2) is 58.3 Å². The van der Waals surface area contributed by atoms with Crippen molar-refractivity contribution in [2.24, 2.45) is 10.3 Å². The number of nitrogens with two attached hydrogens (primary N) is 2. The maximum Gasteiger partial charge on any atom is 0.314 e. The summed E-state index contributed by atoms with van der Waals surface area (Å²) in [7, 11) is -3.82. The number of sulfonamides is 2. The van der Waals surface area contributed by atoms with Gasteiger partial charge in [0.05, 0.1) is 36.2 Å². The molecule has 438 valence electrons. The molecule has 4 atom stereocenters. The molecule has 22 heteroatoms. The maximum absolute atomic E-state index is 13.1. The Bertz CT molecular complexity index is 2910. The summed E-state index contributed by atoms with van der Waals surface area (Å²) in [6.07, 6.45) is 2.93. The fourth-order valence-corrected chi connectivity index (χ4v) is 15.0. The highest BCUT2D eigenvalue weighted by Crippen LogP contribution is 2.46. The van der Waals surface area contributed by atoms with Crippen LogP contribution in [-0.2, 0) is 42.6 Å². The molecule has 4 aliphatic heterocycles. The molecular formula is C58H82Cl2N10O8S2. The number of nitrogens with one attached hydrogen (secondary N) is 4. The van der Waals surface area contributed by atoms with Crippen molar-refractivity contribution in [2.75, 3.05) is 119 Å².